The van der Waals surface area contributed by atoms with Gasteiger partial charge in [0.05, 0.1) is 7.11 Å². The first kappa shape index (κ1) is 16.2. The average molecular weight is 261 g/mol. The minimum absolute atomic E-state index is 0.0543. The quantitative estimate of drug-likeness (QED) is 0.713. The van der Waals surface area contributed by atoms with Crippen LogP contribution in [0.1, 0.15) is 33.6 Å². The smallest absolute Gasteiger partial charge is 0.408 e. The van der Waals surface area contributed by atoms with Crippen LogP contribution in [0.15, 0.2) is 0 Å². The van der Waals surface area contributed by atoms with Crippen molar-refractivity contribution < 1.29 is 29.0 Å². The highest BCUT2D eigenvalue weighted by molar-refractivity contribution is 5.82. The molecule has 7 heteroatoms. The Morgan fingerprint density at radius 1 is 1.28 bits per heavy atom. The van der Waals surface area contributed by atoms with Gasteiger partial charge in [-0.3, -0.25) is 4.79 Å². The Morgan fingerprint density at radius 2 is 1.83 bits per heavy atom. The van der Waals surface area contributed by atoms with Crippen molar-refractivity contribution in [1.82, 2.24) is 5.32 Å². The fraction of sp³-hybridized carbons (Fsp3) is 0.727. The van der Waals surface area contributed by atoms with Crippen LogP contribution in [0.4, 0.5) is 4.79 Å². The molecule has 0 rings (SSSR count). The Bertz CT molecular complexity index is 320. The highest BCUT2D eigenvalue weighted by atomic mass is 16.6. The van der Waals surface area contributed by atoms with Crippen LogP contribution in [-0.2, 0) is 19.1 Å². The van der Waals surface area contributed by atoms with Crippen LogP contribution >= 0.6 is 0 Å². The lowest BCUT2D eigenvalue weighted by Gasteiger charge is -2.22. The predicted molar refractivity (Wildman–Crippen MR) is 62.0 cm³/mol. The monoisotopic (exact) mass is 261 g/mol. The van der Waals surface area contributed by atoms with Gasteiger partial charge in [-0.15, -0.1) is 0 Å². The maximum atomic E-state index is 11.4. The van der Waals surface area contributed by atoms with Crippen LogP contribution in [-0.4, -0.2) is 41.9 Å². The van der Waals surface area contributed by atoms with Gasteiger partial charge < -0.3 is 19.9 Å². The molecule has 0 aliphatic heterocycles. The number of methoxy groups -OCH3 is 1. The second kappa shape index (κ2) is 6.83. The van der Waals surface area contributed by atoms with Crippen molar-refractivity contribution in [3.8, 4) is 0 Å². The summed E-state index contributed by atoms with van der Waals surface area (Å²) in [5, 5.41) is 10.8. The zero-order valence-electron chi connectivity index (χ0n) is 11.0. The summed E-state index contributed by atoms with van der Waals surface area (Å²) in [5.41, 5.74) is -0.697. The maximum absolute atomic E-state index is 11.4. The molecule has 0 bridgehead atoms. The Balaban J connectivity index is 4.45. The first-order chi connectivity index (χ1) is 8.15. The van der Waals surface area contributed by atoms with E-state index in [-0.39, 0.29) is 12.8 Å². The molecule has 0 unspecified atom stereocenters. The van der Waals surface area contributed by atoms with E-state index >= 15 is 0 Å². The van der Waals surface area contributed by atoms with Crippen molar-refractivity contribution in [3.63, 3.8) is 0 Å². The van der Waals surface area contributed by atoms with E-state index in [0.717, 1.165) is 7.11 Å². The third kappa shape index (κ3) is 7.48. The van der Waals surface area contributed by atoms with Crippen LogP contribution in [0.2, 0.25) is 0 Å². The lowest BCUT2D eigenvalue weighted by Crippen LogP contribution is -2.44. The second-order valence-electron chi connectivity index (χ2n) is 4.65. The van der Waals surface area contributed by atoms with E-state index in [0.29, 0.717) is 0 Å². The van der Waals surface area contributed by atoms with Crippen LogP contribution in [0.3, 0.4) is 0 Å². The van der Waals surface area contributed by atoms with Crippen molar-refractivity contribution in [2.45, 2.75) is 45.3 Å². The lowest BCUT2D eigenvalue weighted by atomic mass is 10.1. The van der Waals surface area contributed by atoms with E-state index in [1.54, 1.807) is 20.8 Å². The number of hydrogen-bond donors (Lipinski definition) is 2. The van der Waals surface area contributed by atoms with Crippen LogP contribution in [0, 0.1) is 0 Å². The maximum Gasteiger partial charge on any atom is 0.408 e. The number of carboxylic acids is 1. The third-order valence-electron chi connectivity index (χ3n) is 1.82. The van der Waals surface area contributed by atoms with Gasteiger partial charge in [0.1, 0.15) is 11.6 Å². The van der Waals surface area contributed by atoms with Gasteiger partial charge in [-0.25, -0.2) is 9.59 Å². The molecule has 0 saturated carbocycles. The zero-order chi connectivity index (χ0) is 14.3. The number of esters is 1. The number of nitrogens with one attached hydrogen (secondary N) is 1. The summed E-state index contributed by atoms with van der Waals surface area (Å²) in [6, 6.07) is -1.03. The Kier molecular flexibility index (Phi) is 6.15. The highest BCUT2D eigenvalue weighted by Gasteiger charge is 2.25. The number of carbonyl (C=O) groups is 3. The van der Waals surface area contributed by atoms with Gasteiger partial charge in [-0.1, -0.05) is 0 Å². The van der Waals surface area contributed by atoms with E-state index in [1.807, 2.05) is 0 Å². The number of hydrogen-bond acceptors (Lipinski definition) is 5. The molecule has 0 radical (unpaired) electrons. The summed E-state index contributed by atoms with van der Waals surface area (Å²) < 4.78 is 9.44. The Labute approximate surface area is 105 Å². The highest BCUT2D eigenvalue weighted by Crippen LogP contribution is 2.08. The molecule has 0 aliphatic carbocycles. The van der Waals surface area contributed by atoms with Crippen LogP contribution in [0.5, 0.6) is 0 Å². The van der Waals surface area contributed by atoms with E-state index in [9.17, 15) is 14.4 Å². The molecule has 18 heavy (non-hydrogen) atoms. The normalized spacial score (nSPS) is 12.4. The lowest BCUT2D eigenvalue weighted by molar-refractivity contribution is -0.143. The van der Waals surface area contributed by atoms with Gasteiger partial charge in [0, 0.05) is 6.42 Å². The van der Waals surface area contributed by atoms with Crippen LogP contribution in [0.25, 0.3) is 0 Å². The number of alkyl carbamates (subject to hydrolysis) is 1. The number of carboxylic acid groups (broad SMARTS) is 1. The third-order valence-corrected chi connectivity index (χ3v) is 1.82. The minimum Gasteiger partial charge on any atom is -0.481 e. The number of amides is 1. The summed E-state index contributed by atoms with van der Waals surface area (Å²) in [6.07, 6.45) is -1.10. The molecule has 0 aromatic heterocycles. The first-order valence-corrected chi connectivity index (χ1v) is 5.45. The number of carbonyl (C=O) groups excluding carboxylic acids is 2. The van der Waals surface area contributed by atoms with Gasteiger partial charge in [0.15, 0.2) is 0 Å². The average Bonchev–Trinajstić information content (AvgIpc) is 2.20. The number of aliphatic carboxylic acids is 1. The predicted octanol–water partition coefficient (Wildman–Crippen LogP) is 0.917. The second-order valence-corrected chi connectivity index (χ2v) is 4.65. The minimum atomic E-state index is -1.06. The summed E-state index contributed by atoms with van der Waals surface area (Å²) in [6.45, 7) is 5.03. The molecule has 7 nitrogen and oxygen atoms in total. The van der Waals surface area contributed by atoms with Crippen molar-refractivity contribution >= 4 is 18.0 Å². The largest absolute Gasteiger partial charge is 0.481 e. The van der Waals surface area contributed by atoms with Gasteiger partial charge in [0.2, 0.25) is 0 Å². The molecule has 0 heterocycles. The van der Waals surface area contributed by atoms with Gasteiger partial charge in [-0.05, 0) is 27.2 Å². The Morgan fingerprint density at radius 3 is 2.22 bits per heavy atom. The molecule has 104 valence electrons. The molecule has 0 spiro atoms. The Hall–Kier alpha value is -1.79. The first-order valence-electron chi connectivity index (χ1n) is 5.45. The van der Waals surface area contributed by atoms with Crippen molar-refractivity contribution in [1.29, 1.82) is 0 Å². The molecule has 1 amide bonds. The van der Waals surface area contributed by atoms with E-state index in [1.165, 1.54) is 0 Å². The van der Waals surface area contributed by atoms with Gasteiger partial charge in [0.25, 0.3) is 0 Å². The number of ether oxygens (including phenoxy) is 2. The van der Waals surface area contributed by atoms with Crippen molar-refractivity contribution in [3.05, 3.63) is 0 Å². The fourth-order valence-corrected chi connectivity index (χ4v) is 1.11. The standard InChI is InChI=1S/C11H19NO6/c1-11(2,3)18-10(16)12-7(9(15)17-4)5-6-8(13)14/h7H,5-6H2,1-4H3,(H,12,16)(H,13,14)/t7-/m1/s1. The summed E-state index contributed by atoms with van der Waals surface area (Å²) in [4.78, 5) is 33.2. The summed E-state index contributed by atoms with van der Waals surface area (Å²) in [7, 11) is 1.16. The molecule has 2 N–H and O–H groups in total. The van der Waals surface area contributed by atoms with Crippen LogP contribution < -0.4 is 5.32 Å². The summed E-state index contributed by atoms with van der Waals surface area (Å²) in [5.74, 6) is -1.77. The van der Waals surface area contributed by atoms with E-state index < -0.39 is 29.7 Å². The van der Waals surface area contributed by atoms with Crippen molar-refractivity contribution in [2.75, 3.05) is 7.11 Å². The van der Waals surface area contributed by atoms with Crippen molar-refractivity contribution in [2.24, 2.45) is 0 Å². The zero-order valence-corrected chi connectivity index (χ0v) is 11.0. The van der Waals surface area contributed by atoms with E-state index in [4.69, 9.17) is 9.84 Å². The molecule has 0 aliphatic rings. The molecule has 1 atom stereocenters. The van der Waals surface area contributed by atoms with Gasteiger partial charge in [-0.2, -0.15) is 0 Å². The molecule has 0 fully saturated rings. The summed E-state index contributed by atoms with van der Waals surface area (Å²) >= 11 is 0. The molecule has 0 saturated heterocycles. The number of rotatable bonds is 5. The topological polar surface area (TPSA) is 102 Å². The molecule has 0 aromatic rings. The molecular formula is C11H19NO6. The van der Waals surface area contributed by atoms with E-state index in [2.05, 4.69) is 10.1 Å². The SMILES string of the molecule is COC(=O)[C@@H](CCC(=O)O)NC(=O)OC(C)(C)C. The fourth-order valence-electron chi connectivity index (χ4n) is 1.11. The molecule has 0 aromatic carbocycles. The molecular weight excluding hydrogens is 242 g/mol. The van der Waals surface area contributed by atoms with Gasteiger partial charge >= 0.3 is 18.0 Å².